The molecule has 0 bridgehead atoms. The van der Waals surface area contributed by atoms with Crippen LogP contribution >= 0.6 is 0 Å². The molecule has 2 aromatic heterocycles. The molecule has 9 nitrogen and oxygen atoms in total. The molecule has 0 spiro atoms. The summed E-state index contributed by atoms with van der Waals surface area (Å²) in [5, 5.41) is 21.4. The highest BCUT2D eigenvalue weighted by atomic mass is 16.2. The van der Waals surface area contributed by atoms with Crippen LogP contribution in [0.5, 0.6) is 0 Å². The molecule has 1 saturated heterocycles. The fourth-order valence-corrected chi connectivity index (χ4v) is 3.67. The molecule has 28 heavy (non-hydrogen) atoms. The third-order valence-electron chi connectivity index (χ3n) is 5.11. The molecule has 4 rings (SSSR count). The number of piperidine rings is 1. The third-order valence-corrected chi connectivity index (χ3v) is 5.11. The quantitative estimate of drug-likeness (QED) is 0.682. The predicted octanol–water partition coefficient (Wildman–Crippen LogP) is 2.22. The maximum Gasteiger partial charge on any atom is 0.317 e. The number of benzene rings is 1. The molecule has 0 aliphatic carbocycles. The molecule has 146 valence electrons. The second-order valence-corrected chi connectivity index (χ2v) is 7.00. The molecule has 3 heterocycles. The maximum atomic E-state index is 12.8. The van der Waals surface area contributed by atoms with E-state index in [4.69, 9.17) is 0 Å². The van der Waals surface area contributed by atoms with Crippen molar-refractivity contribution in [3.63, 3.8) is 0 Å². The highest BCUT2D eigenvalue weighted by Crippen LogP contribution is 2.21. The van der Waals surface area contributed by atoms with E-state index in [0.717, 1.165) is 43.5 Å². The molecule has 0 radical (unpaired) electrons. The molecular weight excluding hydrogens is 356 g/mol. The fourth-order valence-electron chi connectivity index (χ4n) is 3.67. The van der Waals surface area contributed by atoms with Crippen LogP contribution < -0.4 is 5.32 Å². The Hall–Kier alpha value is -3.23. The van der Waals surface area contributed by atoms with Crippen LogP contribution in [0.15, 0.2) is 42.7 Å². The molecule has 1 aliphatic rings. The Morgan fingerprint density at radius 1 is 1.29 bits per heavy atom. The van der Waals surface area contributed by atoms with Crippen LogP contribution in [0.1, 0.15) is 31.2 Å². The highest BCUT2D eigenvalue weighted by Gasteiger charge is 2.26. The number of nitrogens with one attached hydrogen (secondary N) is 2. The monoisotopic (exact) mass is 380 g/mol. The minimum absolute atomic E-state index is 0.00451. The van der Waals surface area contributed by atoms with Crippen molar-refractivity contribution in [1.29, 1.82) is 0 Å². The number of amides is 2. The van der Waals surface area contributed by atoms with Gasteiger partial charge in [-0.15, -0.1) is 10.2 Å². The first-order valence-corrected chi connectivity index (χ1v) is 9.64. The fraction of sp³-hybridized carbons (Fsp3) is 0.421. The van der Waals surface area contributed by atoms with Crippen molar-refractivity contribution in [3.05, 3.63) is 48.3 Å². The Morgan fingerprint density at radius 2 is 2.25 bits per heavy atom. The molecule has 1 fully saturated rings. The summed E-state index contributed by atoms with van der Waals surface area (Å²) < 4.78 is 1.92. The number of aryl methyl sites for hydroxylation is 1. The van der Waals surface area contributed by atoms with Gasteiger partial charge in [-0.1, -0.05) is 18.2 Å². The first-order valence-electron chi connectivity index (χ1n) is 9.64. The van der Waals surface area contributed by atoms with Crippen LogP contribution in [0.4, 0.5) is 4.79 Å². The Balaban J connectivity index is 1.34. The number of tetrazole rings is 1. The third kappa shape index (κ3) is 4.36. The lowest BCUT2D eigenvalue weighted by Gasteiger charge is -2.35. The average Bonchev–Trinajstić information content (AvgIpc) is 3.45. The Kier molecular flexibility index (Phi) is 5.60. The number of nitrogens with zero attached hydrogens (tertiary/aromatic N) is 6. The Labute approximate surface area is 163 Å². The van der Waals surface area contributed by atoms with Crippen molar-refractivity contribution >= 4 is 6.03 Å². The Bertz CT molecular complexity index is 877. The van der Waals surface area contributed by atoms with Gasteiger partial charge in [-0.3, -0.25) is 4.68 Å². The topological polar surface area (TPSA) is 105 Å². The summed E-state index contributed by atoms with van der Waals surface area (Å²) >= 11 is 0. The second-order valence-electron chi connectivity index (χ2n) is 7.00. The summed E-state index contributed by atoms with van der Waals surface area (Å²) in [5.74, 6) is 0.544. The number of hydrogen-bond acceptors (Lipinski definition) is 5. The minimum Gasteiger partial charge on any atom is -0.334 e. The van der Waals surface area contributed by atoms with Gasteiger partial charge >= 0.3 is 6.03 Å². The van der Waals surface area contributed by atoms with E-state index in [1.165, 1.54) is 6.42 Å². The van der Waals surface area contributed by atoms with E-state index in [9.17, 15) is 4.79 Å². The molecule has 1 unspecified atom stereocenters. The number of urea groups is 1. The summed E-state index contributed by atoms with van der Waals surface area (Å²) in [6, 6.07) is 9.98. The van der Waals surface area contributed by atoms with E-state index in [0.29, 0.717) is 12.4 Å². The lowest BCUT2D eigenvalue weighted by Crippen LogP contribution is -2.48. The zero-order valence-electron chi connectivity index (χ0n) is 15.7. The van der Waals surface area contributed by atoms with Gasteiger partial charge in [-0.25, -0.2) is 4.79 Å². The van der Waals surface area contributed by atoms with Crippen molar-refractivity contribution in [2.45, 2.75) is 44.8 Å². The largest absolute Gasteiger partial charge is 0.334 e. The first-order chi connectivity index (χ1) is 13.8. The van der Waals surface area contributed by atoms with E-state index in [2.05, 4.69) is 31.0 Å². The van der Waals surface area contributed by atoms with Crippen molar-refractivity contribution in [1.82, 2.24) is 40.6 Å². The average molecular weight is 380 g/mol. The van der Waals surface area contributed by atoms with Crippen molar-refractivity contribution < 1.29 is 4.79 Å². The zero-order chi connectivity index (χ0) is 19.2. The molecule has 1 atom stereocenters. The first kappa shape index (κ1) is 18.1. The number of carbonyl (C=O) groups is 1. The smallest absolute Gasteiger partial charge is 0.317 e. The molecule has 3 aromatic rings. The van der Waals surface area contributed by atoms with Gasteiger partial charge in [-0.2, -0.15) is 10.3 Å². The molecule has 2 amide bonds. The molecular formula is C19H24N8O. The van der Waals surface area contributed by atoms with Crippen LogP contribution in [-0.2, 0) is 13.1 Å². The van der Waals surface area contributed by atoms with Gasteiger partial charge in [0.05, 0.1) is 0 Å². The Morgan fingerprint density at radius 3 is 3.07 bits per heavy atom. The standard InChI is InChI=1S/C19H24N8O/c28-19(20-14-15-5-3-6-16(13-15)18-22-24-25-23-18)27-11-2-1-7-17(27)8-12-26-10-4-9-21-26/h3-6,9-10,13,17H,1-2,7-8,11-12,14H2,(H,20,28)(H,22,23,24,25). The minimum atomic E-state index is -0.00451. The van der Waals surface area contributed by atoms with E-state index >= 15 is 0 Å². The van der Waals surface area contributed by atoms with Crippen molar-refractivity contribution in [2.75, 3.05) is 6.54 Å². The number of aromatic amines is 1. The molecule has 0 saturated carbocycles. The van der Waals surface area contributed by atoms with Crippen molar-refractivity contribution in [3.8, 4) is 11.4 Å². The predicted molar refractivity (Wildman–Crippen MR) is 103 cm³/mol. The molecule has 1 aliphatic heterocycles. The summed E-state index contributed by atoms with van der Waals surface area (Å²) in [4.78, 5) is 14.8. The SMILES string of the molecule is O=C(NCc1cccc(-c2nn[nH]n2)c1)N1CCCCC1CCn1cccn1. The van der Waals surface area contributed by atoms with E-state index in [1.54, 1.807) is 6.20 Å². The normalized spacial score (nSPS) is 16.9. The number of rotatable bonds is 6. The van der Waals surface area contributed by atoms with Gasteiger partial charge in [0, 0.05) is 43.6 Å². The van der Waals surface area contributed by atoms with Gasteiger partial charge in [0.1, 0.15) is 0 Å². The van der Waals surface area contributed by atoms with Gasteiger partial charge in [0.2, 0.25) is 5.82 Å². The number of hydrogen-bond donors (Lipinski definition) is 2. The summed E-state index contributed by atoms with van der Waals surface area (Å²) in [6.45, 7) is 2.10. The summed E-state index contributed by atoms with van der Waals surface area (Å²) in [6.07, 6.45) is 7.93. The highest BCUT2D eigenvalue weighted by molar-refractivity contribution is 5.74. The lowest BCUT2D eigenvalue weighted by molar-refractivity contribution is 0.143. The lowest BCUT2D eigenvalue weighted by atomic mass is 10.00. The van der Waals surface area contributed by atoms with Crippen LogP contribution in [0.2, 0.25) is 0 Å². The van der Waals surface area contributed by atoms with Crippen LogP contribution in [0.3, 0.4) is 0 Å². The van der Waals surface area contributed by atoms with E-state index < -0.39 is 0 Å². The second kappa shape index (κ2) is 8.64. The summed E-state index contributed by atoms with van der Waals surface area (Å²) in [5.41, 5.74) is 1.87. The molecule has 1 aromatic carbocycles. The number of likely N-dealkylation sites (tertiary alicyclic amines) is 1. The van der Waals surface area contributed by atoms with Gasteiger partial charge in [-0.05, 0) is 48.6 Å². The number of H-pyrrole nitrogens is 1. The van der Waals surface area contributed by atoms with Crippen LogP contribution in [0, 0.1) is 0 Å². The maximum absolute atomic E-state index is 12.8. The van der Waals surface area contributed by atoms with Gasteiger partial charge < -0.3 is 10.2 Å². The van der Waals surface area contributed by atoms with Crippen LogP contribution in [0.25, 0.3) is 11.4 Å². The number of aromatic nitrogens is 6. The zero-order valence-corrected chi connectivity index (χ0v) is 15.7. The molecule has 9 heteroatoms. The van der Waals surface area contributed by atoms with E-state index in [-0.39, 0.29) is 12.1 Å². The van der Waals surface area contributed by atoms with Gasteiger partial charge in [0.15, 0.2) is 0 Å². The van der Waals surface area contributed by atoms with E-state index in [1.807, 2.05) is 46.1 Å². The van der Waals surface area contributed by atoms with Crippen LogP contribution in [-0.4, -0.2) is 53.9 Å². The molecule has 2 N–H and O–H groups in total. The van der Waals surface area contributed by atoms with Gasteiger partial charge in [0.25, 0.3) is 0 Å². The van der Waals surface area contributed by atoms with Crippen molar-refractivity contribution in [2.24, 2.45) is 0 Å². The summed E-state index contributed by atoms with van der Waals surface area (Å²) in [7, 11) is 0. The number of carbonyl (C=O) groups excluding carboxylic acids is 1.